The van der Waals surface area contributed by atoms with Gasteiger partial charge in [0, 0.05) is 28.4 Å². The predicted molar refractivity (Wildman–Crippen MR) is 247 cm³/mol. The van der Waals surface area contributed by atoms with Gasteiger partial charge in [-0.1, -0.05) is 166 Å². The van der Waals surface area contributed by atoms with Crippen molar-refractivity contribution in [2.24, 2.45) is 0 Å². The smallest absolute Gasteiger partial charge is 0.178 e. The first-order chi connectivity index (χ1) is 30.0. The number of fused-ring (bicyclic) bond motifs is 16. The van der Waals surface area contributed by atoms with Gasteiger partial charge in [-0.3, -0.25) is 0 Å². The molecule has 4 aliphatic rings. The monoisotopic (exact) mass is 781 g/mol. The van der Waals surface area contributed by atoms with Crippen molar-refractivity contribution >= 4 is 17.1 Å². The second-order valence-corrected chi connectivity index (χ2v) is 17.2. The lowest BCUT2D eigenvalue weighted by Crippen LogP contribution is -2.25. The highest BCUT2D eigenvalue weighted by Gasteiger charge is 2.53. The normalized spacial score (nSPS) is 14.6. The molecule has 0 unspecified atom stereocenters. The molecule has 0 radical (unpaired) electrons. The fraction of sp³-hybridized carbons (Fsp3) is 0.0690. The van der Waals surface area contributed by atoms with Crippen molar-refractivity contribution in [2.45, 2.75) is 24.7 Å². The standard InChI is InChI=1S/C58H39NO2/c1-57(2)46-23-10-6-19-43(46)44-22-14-21-40(55(44)57)36-27-29-38(30-28-36)59(37-15-4-3-5-16-37)39-31-33-51-53(35-39)60-52-34-32-50-54(56(52)61-51)45-20-9-13-26-49(45)58(50)47-24-11-7-17-41(47)42-18-8-12-25-48(42)58/h3-35H,1-2H3. The van der Waals surface area contributed by atoms with Crippen molar-refractivity contribution in [1.29, 1.82) is 0 Å². The first-order valence-corrected chi connectivity index (χ1v) is 21.2. The van der Waals surface area contributed by atoms with Crippen LogP contribution >= 0.6 is 0 Å². The number of ether oxygens (including phenoxy) is 2. The van der Waals surface area contributed by atoms with Gasteiger partial charge in [-0.15, -0.1) is 0 Å². The van der Waals surface area contributed by atoms with E-state index < -0.39 is 5.41 Å². The third-order valence-electron chi connectivity index (χ3n) is 13.7. The third kappa shape index (κ3) is 4.58. The van der Waals surface area contributed by atoms with Gasteiger partial charge >= 0.3 is 0 Å². The van der Waals surface area contributed by atoms with E-state index >= 15 is 0 Å². The second kappa shape index (κ2) is 12.5. The van der Waals surface area contributed by atoms with E-state index in [-0.39, 0.29) is 5.41 Å². The van der Waals surface area contributed by atoms with E-state index in [0.717, 1.165) is 28.4 Å². The number of nitrogens with zero attached hydrogens (tertiary/aromatic N) is 1. The van der Waals surface area contributed by atoms with Crippen LogP contribution in [0, 0.1) is 0 Å². The quantitative estimate of drug-likeness (QED) is 0.177. The number of benzene rings is 9. The van der Waals surface area contributed by atoms with E-state index in [9.17, 15) is 0 Å². The first-order valence-electron chi connectivity index (χ1n) is 21.2. The Hall–Kier alpha value is -7.62. The van der Waals surface area contributed by atoms with Crippen LogP contribution in [0.25, 0.3) is 44.5 Å². The molecule has 0 N–H and O–H groups in total. The van der Waals surface area contributed by atoms with Gasteiger partial charge in [0.05, 0.1) is 11.1 Å². The van der Waals surface area contributed by atoms with E-state index in [0.29, 0.717) is 17.2 Å². The molecule has 9 aromatic rings. The Bertz CT molecular complexity index is 3240. The molecule has 3 nitrogen and oxygen atoms in total. The predicted octanol–water partition coefficient (Wildman–Crippen LogP) is 15.4. The molecule has 0 saturated heterocycles. The highest BCUT2D eigenvalue weighted by atomic mass is 16.6. The Kier molecular flexibility index (Phi) is 6.99. The Morgan fingerprint density at radius 2 is 0.885 bits per heavy atom. The van der Waals surface area contributed by atoms with Crippen molar-refractivity contribution in [2.75, 3.05) is 4.90 Å². The van der Waals surface area contributed by atoms with Gasteiger partial charge < -0.3 is 14.4 Å². The van der Waals surface area contributed by atoms with E-state index in [1.54, 1.807) is 0 Å². The Labute approximate surface area is 355 Å². The SMILES string of the molecule is CC1(C)c2ccccc2-c2cccc(-c3ccc(N(c4ccccc4)c4ccc5c(c4)Oc4ccc6c(c4O5)-c4ccccc4C64c5ccccc5-c5ccccc54)cc3)c21. The molecule has 3 heteroatoms. The van der Waals surface area contributed by atoms with Crippen LogP contribution in [0.5, 0.6) is 23.0 Å². The van der Waals surface area contributed by atoms with Gasteiger partial charge in [0.15, 0.2) is 23.0 Å². The van der Waals surface area contributed by atoms with Gasteiger partial charge in [0.2, 0.25) is 0 Å². The van der Waals surface area contributed by atoms with Crippen molar-refractivity contribution in [3.8, 4) is 67.5 Å². The molecule has 1 aliphatic heterocycles. The minimum atomic E-state index is -0.449. The van der Waals surface area contributed by atoms with Crippen LogP contribution in [0.2, 0.25) is 0 Å². The Balaban J connectivity index is 0.894. The highest BCUT2D eigenvalue weighted by molar-refractivity contribution is 5.98. The van der Waals surface area contributed by atoms with Crippen LogP contribution in [0.3, 0.4) is 0 Å². The zero-order valence-corrected chi connectivity index (χ0v) is 33.8. The molecule has 288 valence electrons. The Morgan fingerprint density at radius 3 is 1.59 bits per heavy atom. The molecule has 9 aromatic carbocycles. The molecule has 0 fully saturated rings. The molecule has 0 bridgehead atoms. The van der Waals surface area contributed by atoms with E-state index in [1.165, 1.54) is 72.3 Å². The summed E-state index contributed by atoms with van der Waals surface area (Å²) < 4.78 is 13.9. The van der Waals surface area contributed by atoms with Crippen molar-refractivity contribution in [3.05, 3.63) is 234 Å². The fourth-order valence-electron chi connectivity index (χ4n) is 11.2. The number of hydrogen-bond donors (Lipinski definition) is 0. The third-order valence-corrected chi connectivity index (χ3v) is 13.7. The topological polar surface area (TPSA) is 21.7 Å². The summed E-state index contributed by atoms with van der Waals surface area (Å²) in [6.07, 6.45) is 0. The van der Waals surface area contributed by atoms with Crippen LogP contribution in [0.15, 0.2) is 200 Å². The van der Waals surface area contributed by atoms with E-state index in [4.69, 9.17) is 9.47 Å². The maximum Gasteiger partial charge on any atom is 0.178 e. The molecule has 0 amide bonds. The molecule has 0 saturated carbocycles. The lowest BCUT2D eigenvalue weighted by molar-refractivity contribution is 0.360. The van der Waals surface area contributed by atoms with Gasteiger partial charge in [-0.05, 0) is 115 Å². The van der Waals surface area contributed by atoms with E-state index in [2.05, 4.69) is 219 Å². The molecule has 1 heterocycles. The van der Waals surface area contributed by atoms with Gasteiger partial charge in [0.25, 0.3) is 0 Å². The fourth-order valence-corrected chi connectivity index (χ4v) is 11.2. The highest BCUT2D eigenvalue weighted by Crippen LogP contribution is 2.66. The van der Waals surface area contributed by atoms with Crippen LogP contribution in [-0.2, 0) is 10.8 Å². The van der Waals surface area contributed by atoms with Gasteiger partial charge in [-0.25, -0.2) is 0 Å². The first kappa shape index (κ1) is 34.3. The molecule has 3 aliphatic carbocycles. The summed E-state index contributed by atoms with van der Waals surface area (Å²) in [5.41, 5.74) is 20.4. The molecular formula is C58H39NO2. The number of anilines is 3. The minimum Gasteiger partial charge on any atom is -0.449 e. The molecule has 61 heavy (non-hydrogen) atoms. The van der Waals surface area contributed by atoms with Crippen LogP contribution in [-0.4, -0.2) is 0 Å². The molecule has 0 atom stereocenters. The molecule has 13 rings (SSSR count). The zero-order chi connectivity index (χ0) is 40.5. The minimum absolute atomic E-state index is 0.0979. The molecular weight excluding hydrogens is 743 g/mol. The van der Waals surface area contributed by atoms with Crippen molar-refractivity contribution in [3.63, 3.8) is 0 Å². The summed E-state index contributed by atoms with van der Waals surface area (Å²) in [7, 11) is 0. The summed E-state index contributed by atoms with van der Waals surface area (Å²) in [5.74, 6) is 2.85. The van der Waals surface area contributed by atoms with Crippen molar-refractivity contribution in [1.82, 2.24) is 0 Å². The average molecular weight is 782 g/mol. The number of rotatable bonds is 4. The summed E-state index contributed by atoms with van der Waals surface area (Å²) in [6.45, 7) is 4.70. The number of para-hydroxylation sites is 1. The van der Waals surface area contributed by atoms with Crippen LogP contribution in [0.1, 0.15) is 47.2 Å². The summed E-state index contributed by atoms with van der Waals surface area (Å²) >= 11 is 0. The zero-order valence-electron chi connectivity index (χ0n) is 33.8. The molecule has 1 spiro atoms. The lowest BCUT2D eigenvalue weighted by atomic mass is 9.70. The van der Waals surface area contributed by atoms with Crippen LogP contribution in [0.4, 0.5) is 17.1 Å². The maximum absolute atomic E-state index is 7.00. The van der Waals surface area contributed by atoms with Gasteiger partial charge in [0.1, 0.15) is 0 Å². The molecule has 0 aromatic heterocycles. The summed E-state index contributed by atoms with van der Waals surface area (Å²) in [4.78, 5) is 2.29. The Morgan fingerprint density at radius 1 is 0.361 bits per heavy atom. The largest absolute Gasteiger partial charge is 0.449 e. The lowest BCUT2D eigenvalue weighted by Gasteiger charge is -2.31. The summed E-state index contributed by atoms with van der Waals surface area (Å²) in [5, 5.41) is 0. The van der Waals surface area contributed by atoms with Crippen molar-refractivity contribution < 1.29 is 9.47 Å². The average Bonchev–Trinajstić information content (AvgIpc) is 3.88. The maximum atomic E-state index is 7.00. The van der Waals surface area contributed by atoms with E-state index in [1.807, 2.05) is 0 Å². The van der Waals surface area contributed by atoms with Crippen LogP contribution < -0.4 is 14.4 Å². The van der Waals surface area contributed by atoms with Gasteiger partial charge in [-0.2, -0.15) is 0 Å². The second-order valence-electron chi connectivity index (χ2n) is 17.2. The number of hydrogen-bond acceptors (Lipinski definition) is 3. The summed E-state index contributed by atoms with van der Waals surface area (Å²) in [6, 6.07) is 72.4.